The van der Waals surface area contributed by atoms with Gasteiger partial charge in [-0.3, -0.25) is 9.67 Å². The molecule has 0 amide bonds. The first kappa shape index (κ1) is 27.0. The van der Waals surface area contributed by atoms with Gasteiger partial charge < -0.3 is 14.0 Å². The van der Waals surface area contributed by atoms with Gasteiger partial charge in [-0.1, -0.05) is 0 Å². The van der Waals surface area contributed by atoms with Gasteiger partial charge in [-0.05, 0) is 12.1 Å². The van der Waals surface area contributed by atoms with Crippen molar-refractivity contribution in [3.8, 4) is 22.8 Å². The topological polar surface area (TPSA) is 135 Å². The van der Waals surface area contributed by atoms with Crippen molar-refractivity contribution in [1.29, 1.82) is 0 Å². The van der Waals surface area contributed by atoms with E-state index in [2.05, 4.69) is 20.1 Å². The molecule has 1 aromatic carbocycles. The van der Waals surface area contributed by atoms with Gasteiger partial charge in [0.15, 0.2) is 17.2 Å². The van der Waals surface area contributed by atoms with Crippen LogP contribution in [0.15, 0.2) is 60.4 Å². The molecule has 0 bridgehead atoms. The minimum atomic E-state index is -3.77. The Morgan fingerprint density at radius 1 is 1.07 bits per heavy atom. The summed E-state index contributed by atoms with van der Waals surface area (Å²) in [6.07, 6.45) is 7.72. The molecule has 40 heavy (non-hydrogen) atoms. The van der Waals surface area contributed by atoms with Crippen molar-refractivity contribution in [1.82, 2.24) is 37.6 Å². The quantitative estimate of drug-likeness (QED) is 0.278. The molecule has 0 aliphatic carbocycles. The largest absolute Gasteiger partial charge is 0.497 e. The van der Waals surface area contributed by atoms with E-state index in [0.29, 0.717) is 33.8 Å². The Labute approximate surface area is 229 Å². The summed E-state index contributed by atoms with van der Waals surface area (Å²) in [5.41, 5.74) is 2.94. The fourth-order valence-corrected chi connectivity index (χ4v) is 4.73. The van der Waals surface area contributed by atoms with Crippen LogP contribution in [0.25, 0.3) is 22.4 Å². The lowest BCUT2D eigenvalue weighted by molar-refractivity contribution is 0.374. The number of nitrogens with zero attached hydrogens (tertiary/aromatic N) is 9. The Morgan fingerprint density at radius 2 is 1.88 bits per heavy atom. The van der Waals surface area contributed by atoms with Gasteiger partial charge in [-0.15, -0.1) is 0 Å². The SMILES string of the molecule is COc1cc(N=c2ccc3ncc(-c4cnn(C)c4)nc3n2Cc2cn(S(=O)(=O)N(C)C)cn2)c(F)c(OC)c1. The van der Waals surface area contributed by atoms with Crippen LogP contribution in [-0.2, 0) is 23.8 Å². The van der Waals surface area contributed by atoms with Crippen molar-refractivity contribution in [2.45, 2.75) is 6.54 Å². The molecule has 4 aromatic heterocycles. The molecule has 5 rings (SSSR count). The number of pyridine rings is 1. The Balaban J connectivity index is 1.74. The van der Waals surface area contributed by atoms with Crippen molar-refractivity contribution in [3.63, 3.8) is 0 Å². The summed E-state index contributed by atoms with van der Waals surface area (Å²) in [7, 11) is 3.69. The molecule has 0 spiro atoms. The summed E-state index contributed by atoms with van der Waals surface area (Å²) < 4.78 is 56.3. The van der Waals surface area contributed by atoms with Gasteiger partial charge in [0.1, 0.15) is 28.8 Å². The van der Waals surface area contributed by atoms with Crippen LogP contribution in [0.1, 0.15) is 5.69 Å². The van der Waals surface area contributed by atoms with Gasteiger partial charge in [0.05, 0.1) is 44.5 Å². The molecule has 0 unspecified atom stereocenters. The molecule has 13 nitrogen and oxygen atoms in total. The predicted octanol–water partition coefficient (Wildman–Crippen LogP) is 2.12. The zero-order chi connectivity index (χ0) is 28.6. The lowest BCUT2D eigenvalue weighted by atomic mass is 10.2. The average molecular weight is 568 g/mol. The first-order valence-electron chi connectivity index (χ1n) is 11.9. The summed E-state index contributed by atoms with van der Waals surface area (Å²) in [5.74, 6) is -0.348. The maximum Gasteiger partial charge on any atom is 0.308 e. The summed E-state index contributed by atoms with van der Waals surface area (Å²) in [4.78, 5) is 18.2. The molecule has 4 heterocycles. The molecule has 0 aliphatic rings. The Morgan fingerprint density at radius 3 is 2.55 bits per heavy atom. The Kier molecular flexibility index (Phi) is 7.08. The van der Waals surface area contributed by atoms with Crippen molar-refractivity contribution in [2.75, 3.05) is 28.3 Å². The number of ether oxygens (including phenoxy) is 2. The zero-order valence-corrected chi connectivity index (χ0v) is 23.2. The van der Waals surface area contributed by atoms with Crippen LogP contribution in [-0.4, -0.2) is 74.3 Å². The molecule has 0 saturated heterocycles. The van der Waals surface area contributed by atoms with E-state index >= 15 is 4.39 Å². The zero-order valence-electron chi connectivity index (χ0n) is 22.3. The number of methoxy groups -OCH3 is 2. The normalized spacial score (nSPS) is 12.4. The van der Waals surface area contributed by atoms with Gasteiger partial charge >= 0.3 is 10.2 Å². The van der Waals surface area contributed by atoms with E-state index in [1.807, 2.05) is 0 Å². The maximum atomic E-state index is 15.2. The van der Waals surface area contributed by atoms with Crippen LogP contribution < -0.4 is 15.0 Å². The van der Waals surface area contributed by atoms with Crippen LogP contribution in [0.5, 0.6) is 11.5 Å². The minimum Gasteiger partial charge on any atom is -0.497 e. The molecular formula is C25H26FN9O4S. The first-order valence-corrected chi connectivity index (χ1v) is 13.3. The highest BCUT2D eigenvalue weighted by atomic mass is 32.2. The lowest BCUT2D eigenvalue weighted by Gasteiger charge is -2.12. The number of aromatic nitrogens is 7. The molecule has 5 aromatic rings. The van der Waals surface area contributed by atoms with Gasteiger partial charge in [-0.2, -0.15) is 17.8 Å². The molecule has 0 aliphatic heterocycles. The number of hydrogen-bond donors (Lipinski definition) is 0. The smallest absolute Gasteiger partial charge is 0.308 e. The molecule has 0 atom stereocenters. The number of benzene rings is 1. The second-order valence-corrected chi connectivity index (χ2v) is 11.0. The fourth-order valence-electron chi connectivity index (χ4n) is 3.94. The van der Waals surface area contributed by atoms with Crippen molar-refractivity contribution in [2.24, 2.45) is 12.0 Å². The summed E-state index contributed by atoms with van der Waals surface area (Å²) >= 11 is 0. The average Bonchev–Trinajstić information content (AvgIpc) is 3.60. The van der Waals surface area contributed by atoms with Gasteiger partial charge in [0.25, 0.3) is 0 Å². The molecule has 0 fully saturated rings. The molecule has 0 radical (unpaired) electrons. The first-order chi connectivity index (χ1) is 19.1. The number of fused-ring (bicyclic) bond motifs is 1. The van der Waals surface area contributed by atoms with E-state index in [1.54, 1.807) is 47.0 Å². The van der Waals surface area contributed by atoms with Gasteiger partial charge in [0, 0.05) is 51.2 Å². The molecular weight excluding hydrogens is 541 g/mol. The number of imidazole rings is 1. The molecule has 0 saturated carbocycles. The number of aryl methyl sites for hydroxylation is 1. The molecule has 15 heteroatoms. The summed E-state index contributed by atoms with van der Waals surface area (Å²) in [6, 6.07) is 6.25. The van der Waals surface area contributed by atoms with Gasteiger partial charge in [0.2, 0.25) is 0 Å². The standard InChI is InChI=1S/C25H26FN9O4S/c1-32(2)40(36,37)34-13-17(28-15-34)14-35-23(30-20-8-18(38-4)9-22(39-5)24(20)26)7-6-19-25(35)31-21(11-27-19)16-10-29-33(3)12-16/h6-13,15H,14H2,1-5H3. The van der Waals surface area contributed by atoms with Crippen LogP contribution >= 0.6 is 0 Å². The number of hydrogen-bond acceptors (Lipinski definition) is 9. The van der Waals surface area contributed by atoms with E-state index in [0.717, 1.165) is 13.8 Å². The van der Waals surface area contributed by atoms with Crippen LogP contribution in [0, 0.1) is 5.82 Å². The lowest BCUT2D eigenvalue weighted by Crippen LogP contribution is -2.27. The third kappa shape index (κ3) is 5.03. The predicted molar refractivity (Wildman–Crippen MR) is 144 cm³/mol. The second-order valence-electron chi connectivity index (χ2n) is 8.90. The van der Waals surface area contributed by atoms with E-state index in [9.17, 15) is 8.42 Å². The van der Waals surface area contributed by atoms with Crippen molar-refractivity contribution < 1.29 is 22.3 Å². The Bertz CT molecular complexity index is 1890. The fraction of sp³-hybridized carbons (Fsp3) is 0.240. The van der Waals surface area contributed by atoms with Crippen molar-refractivity contribution >= 4 is 27.1 Å². The number of halogens is 1. The van der Waals surface area contributed by atoms with E-state index in [4.69, 9.17) is 14.5 Å². The summed E-state index contributed by atoms with van der Waals surface area (Å²) in [6.45, 7) is 0.0556. The molecule has 0 N–H and O–H groups in total. The molecule has 208 valence electrons. The summed E-state index contributed by atoms with van der Waals surface area (Å²) in [5, 5.41) is 4.20. The minimum absolute atomic E-state index is 0.0265. The van der Waals surface area contributed by atoms with Crippen molar-refractivity contribution in [3.05, 3.63) is 72.4 Å². The van der Waals surface area contributed by atoms with Crippen LogP contribution in [0.2, 0.25) is 0 Å². The van der Waals surface area contributed by atoms with E-state index in [1.165, 1.54) is 53.0 Å². The second kappa shape index (κ2) is 10.5. The third-order valence-electron chi connectivity index (χ3n) is 6.05. The van der Waals surface area contributed by atoms with Crippen LogP contribution in [0.4, 0.5) is 10.1 Å². The third-order valence-corrected chi connectivity index (χ3v) is 7.71. The number of rotatable bonds is 8. The van der Waals surface area contributed by atoms with E-state index < -0.39 is 16.0 Å². The van der Waals surface area contributed by atoms with Crippen LogP contribution in [0.3, 0.4) is 0 Å². The van der Waals surface area contributed by atoms with E-state index in [-0.39, 0.29) is 18.0 Å². The highest BCUT2D eigenvalue weighted by Crippen LogP contribution is 2.32. The highest BCUT2D eigenvalue weighted by molar-refractivity contribution is 7.87. The maximum absolute atomic E-state index is 15.2. The van der Waals surface area contributed by atoms with Gasteiger partial charge in [-0.25, -0.2) is 23.3 Å². The Hall–Kier alpha value is -4.63. The monoisotopic (exact) mass is 567 g/mol. The highest BCUT2D eigenvalue weighted by Gasteiger charge is 2.18.